The van der Waals surface area contributed by atoms with Crippen LogP contribution < -0.4 is 20.1 Å². The molecule has 1 aromatic carbocycles. The van der Waals surface area contributed by atoms with Crippen LogP contribution in [0.2, 0.25) is 0 Å². The predicted octanol–water partition coefficient (Wildman–Crippen LogP) is 4.08. The zero-order valence-corrected chi connectivity index (χ0v) is 21.6. The topological polar surface area (TPSA) is 77.0 Å². The fourth-order valence-corrected chi connectivity index (χ4v) is 3.01. The number of halogens is 1. The van der Waals surface area contributed by atoms with E-state index >= 15 is 0 Å². The molecule has 0 aliphatic heterocycles. The molecule has 1 aromatic heterocycles. The smallest absolute Gasteiger partial charge is 0.213 e. The van der Waals surface area contributed by atoms with Crippen LogP contribution in [0.4, 0.5) is 0 Å². The van der Waals surface area contributed by atoms with E-state index in [0.717, 1.165) is 35.0 Å². The Bertz CT molecular complexity index is 859. The van der Waals surface area contributed by atoms with Crippen LogP contribution in [-0.2, 0) is 17.8 Å². The summed E-state index contributed by atoms with van der Waals surface area (Å²) in [6.45, 7) is 7.85. The lowest BCUT2D eigenvalue weighted by molar-refractivity contribution is 0.110. The van der Waals surface area contributed by atoms with Gasteiger partial charge in [0.1, 0.15) is 12.4 Å². The number of nitrogens with zero attached hydrogens (tertiary/aromatic N) is 2. The van der Waals surface area contributed by atoms with E-state index in [1.165, 1.54) is 12.8 Å². The highest BCUT2D eigenvalue weighted by molar-refractivity contribution is 14.0. The largest absolute Gasteiger partial charge is 0.491 e. The lowest BCUT2D eigenvalue weighted by Crippen LogP contribution is -2.36. The van der Waals surface area contributed by atoms with E-state index in [2.05, 4.69) is 45.7 Å². The summed E-state index contributed by atoms with van der Waals surface area (Å²) in [5.41, 5.74) is 3.33. The number of pyridine rings is 1. The lowest BCUT2D eigenvalue weighted by Gasteiger charge is -2.16. The summed E-state index contributed by atoms with van der Waals surface area (Å²) >= 11 is 0. The second-order valence-corrected chi connectivity index (χ2v) is 7.69. The van der Waals surface area contributed by atoms with Crippen molar-refractivity contribution in [1.29, 1.82) is 0 Å². The molecule has 0 radical (unpaired) electrons. The van der Waals surface area contributed by atoms with E-state index in [-0.39, 0.29) is 24.0 Å². The van der Waals surface area contributed by atoms with Crippen LogP contribution in [0, 0.1) is 12.8 Å². The van der Waals surface area contributed by atoms with Crippen LogP contribution in [0.15, 0.2) is 41.5 Å². The highest BCUT2D eigenvalue weighted by Gasteiger charge is 2.22. The molecule has 2 aromatic rings. The standard InChI is InChI=1S/C24H34N4O3.HI/c1-4-29-11-12-30-22-13-18(2)5-8-21(22)16-28-24(25-3)27-15-20-9-10-26-23(14-20)31-17-19-6-7-19;/h5,8-10,13-14,19H,4,6-7,11-12,15-17H2,1-3H3,(H2,25,27,28);1H. The van der Waals surface area contributed by atoms with E-state index < -0.39 is 0 Å². The molecular formula is C24H35IN4O3. The Labute approximate surface area is 208 Å². The zero-order valence-electron chi connectivity index (χ0n) is 19.2. The maximum Gasteiger partial charge on any atom is 0.213 e. The molecule has 32 heavy (non-hydrogen) atoms. The van der Waals surface area contributed by atoms with Gasteiger partial charge in [0.15, 0.2) is 5.96 Å². The van der Waals surface area contributed by atoms with Crippen molar-refractivity contribution in [3.63, 3.8) is 0 Å². The van der Waals surface area contributed by atoms with Crippen molar-refractivity contribution < 1.29 is 14.2 Å². The summed E-state index contributed by atoms with van der Waals surface area (Å²) in [7, 11) is 1.76. The van der Waals surface area contributed by atoms with Gasteiger partial charge in [0.2, 0.25) is 5.88 Å². The van der Waals surface area contributed by atoms with Crippen LogP contribution >= 0.6 is 24.0 Å². The summed E-state index contributed by atoms with van der Waals surface area (Å²) in [6, 6.07) is 10.2. The van der Waals surface area contributed by atoms with E-state index in [0.29, 0.717) is 44.7 Å². The highest BCUT2D eigenvalue weighted by Crippen LogP contribution is 2.29. The van der Waals surface area contributed by atoms with Gasteiger partial charge in [-0.15, -0.1) is 24.0 Å². The van der Waals surface area contributed by atoms with Crippen LogP contribution in [0.1, 0.15) is 36.5 Å². The van der Waals surface area contributed by atoms with Crippen LogP contribution in [0.5, 0.6) is 11.6 Å². The Balaban J connectivity index is 0.00000363. The molecule has 3 rings (SSSR count). The van der Waals surface area contributed by atoms with Crippen molar-refractivity contribution in [2.24, 2.45) is 10.9 Å². The Hall–Kier alpha value is -2.07. The van der Waals surface area contributed by atoms with Gasteiger partial charge in [-0.05, 0) is 55.9 Å². The van der Waals surface area contributed by atoms with Gasteiger partial charge in [0, 0.05) is 44.6 Å². The van der Waals surface area contributed by atoms with Gasteiger partial charge in [-0.1, -0.05) is 12.1 Å². The number of rotatable bonds is 12. The molecule has 0 atom stereocenters. The second-order valence-electron chi connectivity index (χ2n) is 7.69. The van der Waals surface area contributed by atoms with Gasteiger partial charge >= 0.3 is 0 Å². The quantitative estimate of drug-likeness (QED) is 0.178. The third-order valence-corrected chi connectivity index (χ3v) is 5.00. The third kappa shape index (κ3) is 9.20. The minimum atomic E-state index is 0. The van der Waals surface area contributed by atoms with Gasteiger partial charge in [0.25, 0.3) is 0 Å². The van der Waals surface area contributed by atoms with Gasteiger partial charge in [-0.3, -0.25) is 4.99 Å². The molecule has 7 nitrogen and oxygen atoms in total. The Morgan fingerprint density at radius 2 is 1.91 bits per heavy atom. The average molecular weight is 554 g/mol. The number of guanidine groups is 1. The molecule has 0 bridgehead atoms. The van der Waals surface area contributed by atoms with Crippen molar-refractivity contribution in [1.82, 2.24) is 15.6 Å². The van der Waals surface area contributed by atoms with Crippen LogP contribution in [-0.4, -0.2) is 44.4 Å². The number of hydrogen-bond donors (Lipinski definition) is 2. The summed E-state index contributed by atoms with van der Waals surface area (Å²) in [6.07, 6.45) is 4.32. The summed E-state index contributed by atoms with van der Waals surface area (Å²) in [4.78, 5) is 8.63. The summed E-state index contributed by atoms with van der Waals surface area (Å²) in [5.74, 6) is 2.98. The zero-order chi connectivity index (χ0) is 21.9. The fourth-order valence-electron chi connectivity index (χ4n) is 3.01. The summed E-state index contributed by atoms with van der Waals surface area (Å²) < 4.78 is 17.1. The van der Waals surface area contributed by atoms with Gasteiger partial charge in [0.05, 0.1) is 13.2 Å². The Morgan fingerprint density at radius 3 is 2.66 bits per heavy atom. The van der Waals surface area contributed by atoms with E-state index in [1.54, 1.807) is 13.2 Å². The second kappa shape index (κ2) is 14.2. The number of aliphatic imine (C=N–C) groups is 1. The number of aryl methyl sites for hydroxylation is 1. The first kappa shape index (κ1) is 26.2. The van der Waals surface area contributed by atoms with E-state index in [9.17, 15) is 0 Å². The number of ether oxygens (including phenoxy) is 3. The molecule has 2 N–H and O–H groups in total. The van der Waals surface area contributed by atoms with Gasteiger partial charge < -0.3 is 24.8 Å². The molecule has 1 saturated carbocycles. The van der Waals surface area contributed by atoms with Crippen LogP contribution in [0.25, 0.3) is 0 Å². The van der Waals surface area contributed by atoms with Crippen molar-refractivity contribution in [3.8, 4) is 11.6 Å². The first-order valence-electron chi connectivity index (χ1n) is 11.0. The fraction of sp³-hybridized carbons (Fsp3) is 0.500. The lowest BCUT2D eigenvalue weighted by atomic mass is 10.1. The van der Waals surface area contributed by atoms with E-state index in [1.807, 2.05) is 19.1 Å². The number of nitrogens with one attached hydrogen (secondary N) is 2. The first-order valence-corrected chi connectivity index (χ1v) is 11.0. The number of benzene rings is 1. The SMILES string of the molecule is CCOCCOc1cc(C)ccc1CNC(=NC)NCc1ccnc(OCC2CC2)c1.I. The maximum absolute atomic E-state index is 5.93. The highest BCUT2D eigenvalue weighted by atomic mass is 127. The van der Waals surface area contributed by atoms with Crippen LogP contribution in [0.3, 0.4) is 0 Å². The van der Waals surface area contributed by atoms with Crippen molar-refractivity contribution >= 4 is 29.9 Å². The summed E-state index contributed by atoms with van der Waals surface area (Å²) in [5, 5.41) is 6.71. The third-order valence-electron chi connectivity index (χ3n) is 5.00. The molecular weight excluding hydrogens is 519 g/mol. The molecule has 0 unspecified atom stereocenters. The molecule has 1 aliphatic rings. The Kier molecular flexibility index (Phi) is 11.6. The Morgan fingerprint density at radius 1 is 1.09 bits per heavy atom. The van der Waals surface area contributed by atoms with E-state index in [4.69, 9.17) is 14.2 Å². The molecule has 1 heterocycles. The molecule has 1 aliphatic carbocycles. The molecule has 8 heteroatoms. The molecule has 0 saturated heterocycles. The minimum absolute atomic E-state index is 0. The van der Waals surface area contributed by atoms with Crippen molar-refractivity contribution in [3.05, 3.63) is 53.2 Å². The molecule has 0 amide bonds. The van der Waals surface area contributed by atoms with Crippen molar-refractivity contribution in [2.75, 3.05) is 33.5 Å². The minimum Gasteiger partial charge on any atom is -0.491 e. The van der Waals surface area contributed by atoms with Gasteiger partial charge in [-0.2, -0.15) is 0 Å². The number of aromatic nitrogens is 1. The monoisotopic (exact) mass is 554 g/mol. The predicted molar refractivity (Wildman–Crippen MR) is 138 cm³/mol. The van der Waals surface area contributed by atoms with Crippen molar-refractivity contribution in [2.45, 2.75) is 39.8 Å². The number of hydrogen-bond acceptors (Lipinski definition) is 5. The van der Waals surface area contributed by atoms with Gasteiger partial charge in [-0.25, -0.2) is 4.98 Å². The average Bonchev–Trinajstić information content (AvgIpc) is 3.61. The molecule has 0 spiro atoms. The maximum atomic E-state index is 5.93. The molecule has 176 valence electrons. The molecule has 1 fully saturated rings. The normalized spacial score (nSPS) is 13.3. The first-order chi connectivity index (χ1) is 15.2.